The Labute approximate surface area is 293 Å². The molecule has 1 aliphatic heterocycles. The van der Waals surface area contributed by atoms with Crippen LogP contribution in [0, 0.1) is 5.92 Å². The maximum atomic E-state index is 13.7. The van der Waals surface area contributed by atoms with Gasteiger partial charge in [-0.15, -0.1) is 0 Å². The lowest BCUT2D eigenvalue weighted by Crippen LogP contribution is -2.67. The highest BCUT2D eigenvalue weighted by Crippen LogP contribution is 2.33. The Balaban J connectivity index is 3.31. The minimum atomic E-state index is -0.927. The van der Waals surface area contributed by atoms with Gasteiger partial charge in [-0.25, -0.2) is 9.69 Å². The van der Waals surface area contributed by atoms with Gasteiger partial charge in [0.05, 0.1) is 19.3 Å². The number of ether oxygens (including phenoxy) is 5. The Morgan fingerprint density at radius 3 is 1.81 bits per heavy atom. The second kappa shape index (κ2) is 26.5. The zero-order chi connectivity index (χ0) is 35.8. The zero-order valence-corrected chi connectivity index (χ0v) is 32.1. The highest BCUT2D eigenvalue weighted by Gasteiger charge is 2.53. The lowest BCUT2D eigenvalue weighted by molar-refractivity contribution is -0.294. The first kappa shape index (κ1) is 44.7. The standard InChI is InChI=1S/C38H74N2O8/c1-9-12-14-16-18-20-22-26-44-34-32(11-3)47-36(46-29-30(4)28-39-24-25-41)33(40(31(5)42)37(43)48-38(6,7)8)35(34)45-27-23-21-19-17-15-13-10-2/h30,32-36,39,41H,9-29H2,1-8H3/t30?,32?,33?,34-,35?,36+/m1/s1. The first-order valence-corrected chi connectivity index (χ1v) is 19.3. The summed E-state index contributed by atoms with van der Waals surface area (Å²) in [5, 5.41) is 12.4. The summed E-state index contributed by atoms with van der Waals surface area (Å²) in [5.41, 5.74) is -0.809. The maximum Gasteiger partial charge on any atom is 0.417 e. The molecule has 2 N–H and O–H groups in total. The van der Waals surface area contributed by atoms with Gasteiger partial charge >= 0.3 is 6.09 Å². The summed E-state index contributed by atoms with van der Waals surface area (Å²) in [5.74, 6) is -0.374. The molecule has 0 spiro atoms. The summed E-state index contributed by atoms with van der Waals surface area (Å²) in [6.45, 7) is 17.8. The molecule has 0 radical (unpaired) electrons. The first-order valence-electron chi connectivity index (χ1n) is 19.3. The van der Waals surface area contributed by atoms with Gasteiger partial charge < -0.3 is 34.1 Å². The largest absolute Gasteiger partial charge is 0.443 e. The number of carbonyl (C=O) groups is 2. The van der Waals surface area contributed by atoms with Crippen molar-refractivity contribution in [1.29, 1.82) is 0 Å². The van der Waals surface area contributed by atoms with E-state index in [1.54, 1.807) is 20.8 Å². The Kier molecular flexibility index (Phi) is 24.7. The number of unbranched alkanes of at least 4 members (excludes halogenated alkanes) is 12. The predicted octanol–water partition coefficient (Wildman–Crippen LogP) is 7.78. The minimum absolute atomic E-state index is 0.0566. The average molecular weight is 687 g/mol. The van der Waals surface area contributed by atoms with Gasteiger partial charge in [-0.2, -0.15) is 0 Å². The molecule has 6 atom stereocenters. The van der Waals surface area contributed by atoms with Gasteiger partial charge in [0.25, 0.3) is 0 Å². The number of amides is 2. The number of hydrogen-bond acceptors (Lipinski definition) is 9. The molecule has 10 nitrogen and oxygen atoms in total. The smallest absolute Gasteiger partial charge is 0.417 e. The lowest BCUT2D eigenvalue weighted by Gasteiger charge is -2.49. The summed E-state index contributed by atoms with van der Waals surface area (Å²) >= 11 is 0. The van der Waals surface area contributed by atoms with Crippen molar-refractivity contribution in [1.82, 2.24) is 10.2 Å². The molecule has 1 heterocycles. The molecule has 0 aromatic rings. The van der Waals surface area contributed by atoms with Crippen LogP contribution < -0.4 is 5.32 Å². The topological polar surface area (TPSA) is 116 Å². The van der Waals surface area contributed by atoms with E-state index in [0.29, 0.717) is 39.3 Å². The van der Waals surface area contributed by atoms with Crippen molar-refractivity contribution in [3.8, 4) is 0 Å². The number of aliphatic hydroxyl groups is 1. The second-order valence-electron chi connectivity index (χ2n) is 14.6. The molecule has 2 amide bonds. The van der Waals surface area contributed by atoms with E-state index in [1.807, 2.05) is 6.92 Å². The van der Waals surface area contributed by atoms with Gasteiger partial charge in [-0.05, 0) is 52.5 Å². The molecule has 1 aliphatic rings. The van der Waals surface area contributed by atoms with Crippen LogP contribution in [0.25, 0.3) is 0 Å². The van der Waals surface area contributed by atoms with E-state index in [4.69, 9.17) is 23.7 Å². The van der Waals surface area contributed by atoms with E-state index in [2.05, 4.69) is 26.1 Å². The van der Waals surface area contributed by atoms with Gasteiger partial charge in [-0.3, -0.25) is 4.79 Å². The molecule has 0 aromatic carbocycles. The molecular formula is C38H74N2O8. The highest BCUT2D eigenvalue weighted by molar-refractivity contribution is 5.91. The van der Waals surface area contributed by atoms with Crippen molar-refractivity contribution in [2.45, 2.75) is 188 Å². The molecule has 10 heteroatoms. The van der Waals surface area contributed by atoms with Gasteiger partial charge in [0, 0.05) is 26.7 Å². The van der Waals surface area contributed by atoms with Gasteiger partial charge in [0.15, 0.2) is 6.29 Å². The third-order valence-corrected chi connectivity index (χ3v) is 8.69. The van der Waals surface area contributed by atoms with Crippen molar-refractivity contribution < 1.29 is 38.4 Å². The third-order valence-electron chi connectivity index (χ3n) is 8.69. The van der Waals surface area contributed by atoms with E-state index < -0.39 is 42.1 Å². The molecule has 284 valence electrons. The van der Waals surface area contributed by atoms with Crippen LogP contribution in [0.5, 0.6) is 0 Å². The fourth-order valence-corrected chi connectivity index (χ4v) is 6.10. The number of rotatable bonds is 27. The highest BCUT2D eigenvalue weighted by atomic mass is 16.7. The number of carbonyl (C=O) groups excluding carboxylic acids is 2. The lowest BCUT2D eigenvalue weighted by atomic mass is 9.93. The molecule has 1 fully saturated rings. The van der Waals surface area contributed by atoms with Gasteiger partial charge in [-0.1, -0.05) is 105 Å². The Bertz CT molecular complexity index is 823. The Morgan fingerprint density at radius 1 is 0.812 bits per heavy atom. The molecule has 0 aromatic heterocycles. The predicted molar refractivity (Wildman–Crippen MR) is 192 cm³/mol. The van der Waals surface area contributed by atoms with Crippen molar-refractivity contribution >= 4 is 12.0 Å². The van der Waals surface area contributed by atoms with Crippen LogP contribution in [-0.4, -0.2) is 97.8 Å². The number of imide groups is 1. The third kappa shape index (κ3) is 18.6. The molecule has 0 bridgehead atoms. The van der Waals surface area contributed by atoms with Gasteiger partial charge in [0.1, 0.15) is 23.9 Å². The fraction of sp³-hybridized carbons (Fsp3) is 0.947. The number of hydrogen-bond donors (Lipinski definition) is 2. The van der Waals surface area contributed by atoms with E-state index in [-0.39, 0.29) is 18.6 Å². The number of nitrogens with one attached hydrogen (secondary N) is 1. The SMILES string of the molecule is CCCCCCCCCOC1C(N(C(C)=O)C(=O)OC(C)(C)C)[C@@H](OCC(C)CNCCO)OC(CC)[C@H]1OCCCCCCCCC. The van der Waals surface area contributed by atoms with Crippen LogP contribution in [0.4, 0.5) is 4.79 Å². The fourth-order valence-electron chi connectivity index (χ4n) is 6.10. The summed E-state index contributed by atoms with van der Waals surface area (Å²) in [7, 11) is 0. The Hall–Kier alpha value is -1.30. The van der Waals surface area contributed by atoms with E-state index in [0.717, 1.165) is 37.0 Å². The summed E-state index contributed by atoms with van der Waals surface area (Å²) < 4.78 is 32.1. The van der Waals surface area contributed by atoms with Crippen LogP contribution in [-0.2, 0) is 28.5 Å². The first-order chi connectivity index (χ1) is 23.0. The summed E-state index contributed by atoms with van der Waals surface area (Å²) in [6.07, 6.45) is 13.7. The molecule has 0 saturated carbocycles. The van der Waals surface area contributed by atoms with E-state index in [9.17, 15) is 14.7 Å². The molecule has 48 heavy (non-hydrogen) atoms. The van der Waals surface area contributed by atoms with Crippen molar-refractivity contribution in [3.63, 3.8) is 0 Å². The molecule has 1 rings (SSSR count). The molecule has 0 aliphatic carbocycles. The van der Waals surface area contributed by atoms with Crippen LogP contribution in [0.2, 0.25) is 0 Å². The van der Waals surface area contributed by atoms with E-state index >= 15 is 0 Å². The average Bonchev–Trinajstić information content (AvgIpc) is 3.02. The molecule has 1 saturated heterocycles. The van der Waals surface area contributed by atoms with Crippen molar-refractivity contribution in [3.05, 3.63) is 0 Å². The van der Waals surface area contributed by atoms with Gasteiger partial charge in [0.2, 0.25) is 5.91 Å². The van der Waals surface area contributed by atoms with Crippen molar-refractivity contribution in [2.75, 3.05) is 39.5 Å². The quantitative estimate of drug-likeness (QED) is 0.0836. The molecular weight excluding hydrogens is 612 g/mol. The van der Waals surface area contributed by atoms with Crippen LogP contribution >= 0.6 is 0 Å². The normalized spacial score (nSPS) is 22.1. The molecule has 4 unspecified atom stereocenters. The van der Waals surface area contributed by atoms with Crippen molar-refractivity contribution in [2.24, 2.45) is 5.92 Å². The number of aliphatic hydroxyl groups excluding tert-OH is 1. The van der Waals surface area contributed by atoms with Crippen LogP contribution in [0.1, 0.15) is 152 Å². The maximum absolute atomic E-state index is 13.7. The Morgan fingerprint density at radius 2 is 1.33 bits per heavy atom. The summed E-state index contributed by atoms with van der Waals surface area (Å²) in [6, 6.07) is -0.902. The monoisotopic (exact) mass is 687 g/mol. The second-order valence-corrected chi connectivity index (χ2v) is 14.6. The zero-order valence-electron chi connectivity index (χ0n) is 32.1. The minimum Gasteiger partial charge on any atom is -0.443 e. The van der Waals surface area contributed by atoms with Crippen LogP contribution in [0.15, 0.2) is 0 Å². The number of nitrogens with zero attached hydrogens (tertiary/aromatic N) is 1. The van der Waals surface area contributed by atoms with E-state index in [1.165, 1.54) is 64.7 Å². The van der Waals surface area contributed by atoms with Crippen LogP contribution in [0.3, 0.4) is 0 Å². The summed E-state index contributed by atoms with van der Waals surface area (Å²) in [4.78, 5) is 28.2.